The summed E-state index contributed by atoms with van der Waals surface area (Å²) in [5.74, 6) is 1.42. The number of aromatic nitrogens is 2. The summed E-state index contributed by atoms with van der Waals surface area (Å²) in [7, 11) is 0. The molecule has 0 spiro atoms. The number of anilines is 1. The molecule has 3 rings (SSSR count). The summed E-state index contributed by atoms with van der Waals surface area (Å²) in [6.45, 7) is 8.29. The van der Waals surface area contributed by atoms with Crippen LogP contribution in [0.2, 0.25) is 0 Å². The molecular formula is C16H20N4O3S. The summed E-state index contributed by atoms with van der Waals surface area (Å²) in [4.78, 5) is 12.1. The molecule has 1 aliphatic heterocycles. The van der Waals surface area contributed by atoms with Crippen LogP contribution in [-0.2, 0) is 5.41 Å². The molecule has 0 radical (unpaired) electrons. The first-order valence-corrected chi connectivity index (χ1v) is 8.45. The van der Waals surface area contributed by atoms with Gasteiger partial charge in [0.05, 0.1) is 6.04 Å². The molecule has 2 N–H and O–H groups in total. The van der Waals surface area contributed by atoms with E-state index in [4.69, 9.17) is 9.47 Å². The largest absolute Gasteiger partial charge is 0.454 e. The number of benzene rings is 1. The Hall–Kier alpha value is -2.35. The monoisotopic (exact) mass is 348 g/mol. The first-order valence-electron chi connectivity index (χ1n) is 7.64. The third-order valence-corrected chi connectivity index (χ3v) is 4.80. The van der Waals surface area contributed by atoms with Gasteiger partial charge in [0, 0.05) is 5.41 Å². The normalized spacial score (nSPS) is 14.3. The van der Waals surface area contributed by atoms with Gasteiger partial charge in [-0.3, -0.25) is 5.32 Å². The van der Waals surface area contributed by atoms with E-state index in [1.807, 2.05) is 25.1 Å². The van der Waals surface area contributed by atoms with E-state index < -0.39 is 0 Å². The van der Waals surface area contributed by atoms with Crippen molar-refractivity contribution in [1.29, 1.82) is 0 Å². The second-order valence-electron chi connectivity index (χ2n) is 6.60. The molecule has 1 aliphatic rings. The first kappa shape index (κ1) is 16.5. The fourth-order valence-electron chi connectivity index (χ4n) is 2.17. The minimum Gasteiger partial charge on any atom is -0.454 e. The highest BCUT2D eigenvalue weighted by molar-refractivity contribution is 7.15. The van der Waals surface area contributed by atoms with E-state index in [2.05, 4.69) is 41.6 Å². The van der Waals surface area contributed by atoms with Crippen LogP contribution in [-0.4, -0.2) is 23.0 Å². The summed E-state index contributed by atoms with van der Waals surface area (Å²) in [5.41, 5.74) is 0.843. The Balaban J connectivity index is 1.61. The summed E-state index contributed by atoms with van der Waals surface area (Å²) < 4.78 is 10.6. The summed E-state index contributed by atoms with van der Waals surface area (Å²) in [6, 6.07) is 5.11. The lowest BCUT2D eigenvalue weighted by molar-refractivity contribution is 0.174. The van der Waals surface area contributed by atoms with Crippen LogP contribution in [0.25, 0.3) is 0 Å². The number of carbonyl (C=O) groups is 1. The lowest BCUT2D eigenvalue weighted by Gasteiger charge is -2.15. The van der Waals surface area contributed by atoms with Crippen LogP contribution in [0.1, 0.15) is 44.3 Å². The zero-order valence-corrected chi connectivity index (χ0v) is 14.9. The van der Waals surface area contributed by atoms with Crippen LogP contribution >= 0.6 is 11.3 Å². The Labute approximate surface area is 144 Å². The number of fused-ring (bicyclic) bond motifs is 1. The first-order chi connectivity index (χ1) is 11.3. The highest BCUT2D eigenvalue weighted by Crippen LogP contribution is 2.34. The summed E-state index contributed by atoms with van der Waals surface area (Å²) in [6.07, 6.45) is 0. The van der Waals surface area contributed by atoms with Crippen LogP contribution in [0.15, 0.2) is 18.2 Å². The molecular weight excluding hydrogens is 328 g/mol. The van der Waals surface area contributed by atoms with Gasteiger partial charge in [-0.1, -0.05) is 38.2 Å². The van der Waals surface area contributed by atoms with Crippen LogP contribution in [0.4, 0.5) is 9.93 Å². The third-order valence-electron chi connectivity index (χ3n) is 3.53. The van der Waals surface area contributed by atoms with Crippen molar-refractivity contribution in [3.63, 3.8) is 0 Å². The van der Waals surface area contributed by atoms with Crippen molar-refractivity contribution in [3.8, 4) is 11.5 Å². The molecule has 0 aliphatic carbocycles. The van der Waals surface area contributed by atoms with E-state index in [1.165, 1.54) is 11.3 Å². The standard InChI is InChI=1S/C16H20N4O3S/c1-9(10-5-6-11-12(7-10)23-8-22-11)17-14(21)18-15-20-19-13(24-15)16(2,3)4/h5-7,9H,8H2,1-4H3,(H2,17,18,20,21)/t9-/m1/s1. The minimum absolute atomic E-state index is 0.0894. The fraction of sp³-hybridized carbons (Fsp3) is 0.438. The number of rotatable bonds is 3. The predicted molar refractivity (Wildman–Crippen MR) is 91.7 cm³/mol. The van der Waals surface area contributed by atoms with Gasteiger partial charge in [-0.25, -0.2) is 4.79 Å². The van der Waals surface area contributed by atoms with Crippen molar-refractivity contribution >= 4 is 22.5 Å². The van der Waals surface area contributed by atoms with Gasteiger partial charge < -0.3 is 14.8 Å². The van der Waals surface area contributed by atoms with Crippen molar-refractivity contribution in [2.75, 3.05) is 12.1 Å². The topological polar surface area (TPSA) is 85.4 Å². The molecule has 0 bridgehead atoms. The summed E-state index contributed by atoms with van der Waals surface area (Å²) in [5, 5.41) is 15.1. The van der Waals surface area contributed by atoms with Crippen molar-refractivity contribution in [1.82, 2.24) is 15.5 Å². The molecule has 1 aromatic heterocycles. The minimum atomic E-state index is -0.322. The van der Waals surface area contributed by atoms with Gasteiger partial charge in [-0.2, -0.15) is 0 Å². The molecule has 0 fully saturated rings. The Kier molecular flexibility index (Phi) is 4.31. The smallest absolute Gasteiger partial charge is 0.321 e. The van der Waals surface area contributed by atoms with Gasteiger partial charge in [0.25, 0.3) is 0 Å². The van der Waals surface area contributed by atoms with Gasteiger partial charge >= 0.3 is 6.03 Å². The lowest BCUT2D eigenvalue weighted by atomic mass is 9.98. The van der Waals surface area contributed by atoms with Gasteiger partial charge in [0.2, 0.25) is 11.9 Å². The maximum Gasteiger partial charge on any atom is 0.321 e. The molecule has 7 nitrogen and oxygen atoms in total. The molecule has 2 amide bonds. The van der Waals surface area contributed by atoms with Gasteiger partial charge in [0.15, 0.2) is 11.5 Å². The Bertz CT molecular complexity index is 754. The fourth-order valence-corrected chi connectivity index (χ4v) is 2.97. The average molecular weight is 348 g/mol. The second kappa shape index (κ2) is 6.27. The van der Waals surface area contributed by atoms with Gasteiger partial charge in [-0.05, 0) is 24.6 Å². The Morgan fingerprint density at radius 1 is 1.25 bits per heavy atom. The predicted octanol–water partition coefficient (Wildman–Crippen LogP) is 3.45. The number of ether oxygens (including phenoxy) is 2. The van der Waals surface area contributed by atoms with Gasteiger partial charge in [-0.15, -0.1) is 10.2 Å². The van der Waals surface area contributed by atoms with Crippen LogP contribution in [0, 0.1) is 0 Å². The van der Waals surface area contributed by atoms with E-state index in [0.29, 0.717) is 10.9 Å². The molecule has 0 saturated heterocycles. The molecule has 0 unspecified atom stereocenters. The SMILES string of the molecule is C[C@@H](NC(=O)Nc1nnc(C(C)(C)C)s1)c1ccc2c(c1)OCO2. The maximum absolute atomic E-state index is 12.1. The van der Waals surface area contributed by atoms with Gasteiger partial charge in [0.1, 0.15) is 5.01 Å². The summed E-state index contributed by atoms with van der Waals surface area (Å²) >= 11 is 1.38. The molecule has 24 heavy (non-hydrogen) atoms. The average Bonchev–Trinajstić information content (AvgIpc) is 3.14. The van der Waals surface area contributed by atoms with E-state index in [1.54, 1.807) is 0 Å². The molecule has 2 aromatic rings. The lowest BCUT2D eigenvalue weighted by Crippen LogP contribution is -2.31. The number of amides is 2. The third kappa shape index (κ3) is 3.59. The Morgan fingerprint density at radius 2 is 2.00 bits per heavy atom. The second-order valence-corrected chi connectivity index (χ2v) is 7.57. The van der Waals surface area contributed by atoms with Crippen LogP contribution < -0.4 is 20.1 Å². The molecule has 8 heteroatoms. The van der Waals surface area contributed by atoms with Crippen LogP contribution in [0.5, 0.6) is 11.5 Å². The Morgan fingerprint density at radius 3 is 2.71 bits per heavy atom. The quantitative estimate of drug-likeness (QED) is 0.887. The number of nitrogens with one attached hydrogen (secondary N) is 2. The number of hydrogen-bond acceptors (Lipinski definition) is 6. The van der Waals surface area contributed by atoms with Crippen molar-refractivity contribution in [3.05, 3.63) is 28.8 Å². The molecule has 128 valence electrons. The van der Waals surface area contributed by atoms with Crippen molar-refractivity contribution in [2.24, 2.45) is 0 Å². The zero-order valence-electron chi connectivity index (χ0n) is 14.0. The highest BCUT2D eigenvalue weighted by Gasteiger charge is 2.21. The van der Waals surface area contributed by atoms with Crippen molar-refractivity contribution < 1.29 is 14.3 Å². The highest BCUT2D eigenvalue weighted by atomic mass is 32.1. The van der Waals surface area contributed by atoms with E-state index in [-0.39, 0.29) is 24.3 Å². The zero-order chi connectivity index (χ0) is 17.3. The van der Waals surface area contributed by atoms with E-state index in [9.17, 15) is 4.79 Å². The maximum atomic E-state index is 12.1. The van der Waals surface area contributed by atoms with E-state index >= 15 is 0 Å². The van der Waals surface area contributed by atoms with Crippen LogP contribution in [0.3, 0.4) is 0 Å². The molecule has 1 aromatic carbocycles. The number of carbonyl (C=O) groups excluding carboxylic acids is 1. The number of hydrogen-bond donors (Lipinski definition) is 2. The number of nitrogens with zero attached hydrogens (tertiary/aromatic N) is 2. The van der Waals surface area contributed by atoms with E-state index in [0.717, 1.165) is 16.3 Å². The van der Waals surface area contributed by atoms with Crippen molar-refractivity contribution in [2.45, 2.75) is 39.2 Å². The molecule has 0 saturated carbocycles. The molecule has 2 heterocycles. The number of urea groups is 1. The molecule has 1 atom stereocenters.